The highest BCUT2D eigenvalue weighted by Gasteiger charge is 2.36. The lowest BCUT2D eigenvalue weighted by molar-refractivity contribution is -0.117. The highest BCUT2D eigenvalue weighted by atomic mass is 31.0. The van der Waals surface area contributed by atoms with Crippen LogP contribution in [0, 0.1) is 18.7 Å². The maximum atomic E-state index is 13.8. The molecule has 1 aromatic heterocycles. The molecule has 1 aliphatic heterocycles. The van der Waals surface area contributed by atoms with Crippen molar-refractivity contribution in [2.24, 2.45) is 5.92 Å². The first-order valence-corrected chi connectivity index (χ1v) is 10.8. The Balaban J connectivity index is 1.41. The van der Waals surface area contributed by atoms with E-state index in [-0.39, 0.29) is 17.5 Å². The van der Waals surface area contributed by atoms with Gasteiger partial charge in [-0.05, 0) is 56.7 Å². The second kappa shape index (κ2) is 8.29. The number of carboxylic acid groups (broad SMARTS) is 1. The van der Waals surface area contributed by atoms with Crippen LogP contribution < -0.4 is 0 Å². The summed E-state index contributed by atoms with van der Waals surface area (Å²) in [4.78, 5) is 14.1. The van der Waals surface area contributed by atoms with Gasteiger partial charge in [-0.1, -0.05) is 9.24 Å². The van der Waals surface area contributed by atoms with Gasteiger partial charge >= 0.3 is 5.97 Å². The monoisotopic (exact) mass is 424 g/mol. The molecule has 158 valence electrons. The number of carbonyl (C=O) groups is 1. The van der Waals surface area contributed by atoms with Crippen molar-refractivity contribution in [3.8, 4) is 0 Å². The van der Waals surface area contributed by atoms with Crippen LogP contribution >= 0.6 is 9.24 Å². The Hall–Kier alpha value is -1.56. The highest BCUT2D eigenvalue weighted by molar-refractivity contribution is 7.16. The zero-order valence-electron chi connectivity index (χ0n) is 16.5. The topological polar surface area (TPSA) is 54.7 Å². The number of aromatic carboxylic acids is 1. The summed E-state index contributed by atoms with van der Waals surface area (Å²) in [6.45, 7) is 4.07. The molecule has 1 N–H and O–H groups in total. The molecule has 0 bridgehead atoms. The highest BCUT2D eigenvalue weighted by Crippen LogP contribution is 2.34. The fourth-order valence-corrected chi connectivity index (χ4v) is 5.17. The number of alkyl halides is 1. The molecule has 2 unspecified atom stereocenters. The second-order valence-corrected chi connectivity index (χ2v) is 8.80. The normalized spacial score (nSPS) is 24.6. The zero-order chi connectivity index (χ0) is 20.7. The minimum Gasteiger partial charge on any atom is -0.478 e. The van der Waals surface area contributed by atoms with Gasteiger partial charge in [0.2, 0.25) is 6.10 Å². The van der Waals surface area contributed by atoms with E-state index >= 15 is 0 Å². The quantitative estimate of drug-likeness (QED) is 0.707. The Bertz CT molecular complexity index is 903. The number of halogens is 2. The lowest BCUT2D eigenvalue weighted by Gasteiger charge is -2.46. The molecule has 0 radical (unpaired) electrons. The summed E-state index contributed by atoms with van der Waals surface area (Å²) in [5, 5.41) is 10.2. The Morgan fingerprint density at radius 1 is 1.31 bits per heavy atom. The largest absolute Gasteiger partial charge is 0.478 e. The molecular weight excluding hydrogens is 397 g/mol. The van der Waals surface area contributed by atoms with Gasteiger partial charge in [-0.15, -0.1) is 0 Å². The summed E-state index contributed by atoms with van der Waals surface area (Å²) in [6.07, 6.45) is 2.90. The lowest BCUT2D eigenvalue weighted by atomic mass is 9.84. The van der Waals surface area contributed by atoms with Crippen LogP contribution in [0.3, 0.4) is 0 Å². The Labute approximate surface area is 171 Å². The van der Waals surface area contributed by atoms with Gasteiger partial charge in [0.05, 0.1) is 17.2 Å². The fraction of sp³-hybridized carbons (Fsp3) is 0.571. The summed E-state index contributed by atoms with van der Waals surface area (Å²) in [6, 6.07) is 4.82. The Morgan fingerprint density at radius 2 is 2.00 bits per heavy atom. The van der Waals surface area contributed by atoms with Crippen molar-refractivity contribution in [1.29, 1.82) is 0 Å². The molecule has 1 aliphatic carbocycles. The van der Waals surface area contributed by atoms with Crippen LogP contribution in [0.5, 0.6) is 0 Å². The van der Waals surface area contributed by atoms with Crippen molar-refractivity contribution >= 4 is 26.1 Å². The third-order valence-electron chi connectivity index (χ3n) is 6.47. The molecule has 4 rings (SSSR count). The molecule has 29 heavy (non-hydrogen) atoms. The van der Waals surface area contributed by atoms with Gasteiger partial charge in [0.25, 0.3) is 0 Å². The van der Waals surface area contributed by atoms with Crippen molar-refractivity contribution in [2.75, 3.05) is 13.1 Å². The summed E-state index contributed by atoms with van der Waals surface area (Å²) >= 11 is 0. The number of carboxylic acids is 1. The van der Waals surface area contributed by atoms with E-state index in [2.05, 4.69) is 4.90 Å². The summed E-state index contributed by atoms with van der Waals surface area (Å²) < 4.78 is 33.9. The van der Waals surface area contributed by atoms with E-state index in [1.807, 2.05) is 13.8 Å². The molecule has 5 nitrogen and oxygen atoms in total. The van der Waals surface area contributed by atoms with Crippen LogP contribution in [0.2, 0.25) is 0 Å². The third kappa shape index (κ3) is 4.18. The molecule has 2 aliphatic rings. The molecule has 0 amide bonds. The first-order valence-electron chi connectivity index (χ1n) is 10.1. The molecule has 0 spiro atoms. The minimum absolute atomic E-state index is 0.0153. The summed E-state index contributed by atoms with van der Waals surface area (Å²) in [7, 11) is 2.02. The molecule has 1 saturated heterocycles. The van der Waals surface area contributed by atoms with E-state index in [1.54, 1.807) is 13.0 Å². The van der Waals surface area contributed by atoms with Crippen LogP contribution in [-0.2, 0) is 11.3 Å². The first-order chi connectivity index (χ1) is 13.8. The van der Waals surface area contributed by atoms with Crippen molar-refractivity contribution in [1.82, 2.24) is 9.47 Å². The molecular formula is C21H27F2N2O3P. The number of hydrogen-bond acceptors (Lipinski definition) is 3. The molecule has 2 fully saturated rings. The van der Waals surface area contributed by atoms with Gasteiger partial charge in [-0.3, -0.25) is 4.90 Å². The van der Waals surface area contributed by atoms with Crippen molar-refractivity contribution in [3.05, 3.63) is 35.3 Å². The Morgan fingerprint density at radius 3 is 2.62 bits per heavy atom. The number of nitrogens with zero attached hydrogens (tertiary/aromatic N) is 2. The van der Waals surface area contributed by atoms with E-state index in [4.69, 9.17) is 4.74 Å². The Kier molecular flexibility index (Phi) is 5.92. The number of benzene rings is 1. The van der Waals surface area contributed by atoms with Crippen LogP contribution in [0.25, 0.3) is 10.9 Å². The maximum absolute atomic E-state index is 13.8. The molecule has 2 heterocycles. The van der Waals surface area contributed by atoms with Crippen LogP contribution in [0.15, 0.2) is 18.2 Å². The van der Waals surface area contributed by atoms with Crippen molar-refractivity contribution in [3.63, 3.8) is 0 Å². The summed E-state index contributed by atoms with van der Waals surface area (Å²) in [5.74, 6) is -0.898. The van der Waals surface area contributed by atoms with Gasteiger partial charge in [-0.25, -0.2) is 13.6 Å². The molecule has 2 atom stereocenters. The summed E-state index contributed by atoms with van der Waals surface area (Å²) in [5.41, 5.74) is 1.60. The second-order valence-electron chi connectivity index (χ2n) is 8.28. The first kappa shape index (κ1) is 20.7. The molecule has 1 saturated carbocycles. The van der Waals surface area contributed by atoms with Gasteiger partial charge in [0.15, 0.2) is 0 Å². The number of hydrogen-bond donors (Lipinski definition) is 1. The van der Waals surface area contributed by atoms with E-state index in [0.29, 0.717) is 35.1 Å². The zero-order valence-corrected chi connectivity index (χ0v) is 17.6. The number of aromatic nitrogens is 1. The van der Waals surface area contributed by atoms with Crippen molar-refractivity contribution in [2.45, 2.75) is 57.4 Å². The van der Waals surface area contributed by atoms with Crippen molar-refractivity contribution < 1.29 is 23.4 Å². The van der Waals surface area contributed by atoms with Crippen LogP contribution in [0.1, 0.15) is 41.7 Å². The van der Waals surface area contributed by atoms with E-state index < -0.39 is 12.1 Å². The number of fused-ring (bicyclic) bond motifs is 1. The lowest BCUT2D eigenvalue weighted by Crippen LogP contribution is -2.57. The SMILES string of the molecule is Cc1c(C(=O)O)c2ccc(F)cc2n1CC1CCC(N2CC(OC(F)P)C2)CC1. The van der Waals surface area contributed by atoms with E-state index in [0.717, 1.165) is 38.8 Å². The smallest absolute Gasteiger partial charge is 0.338 e. The van der Waals surface area contributed by atoms with Crippen LogP contribution in [0.4, 0.5) is 8.78 Å². The third-order valence-corrected chi connectivity index (χ3v) is 6.63. The predicted octanol–water partition coefficient (Wildman–Crippen LogP) is 4.17. The van der Waals surface area contributed by atoms with Crippen LogP contribution in [-0.4, -0.2) is 51.9 Å². The van der Waals surface area contributed by atoms with E-state index in [9.17, 15) is 18.7 Å². The van der Waals surface area contributed by atoms with E-state index in [1.165, 1.54) is 12.1 Å². The number of rotatable bonds is 6. The predicted molar refractivity (Wildman–Crippen MR) is 110 cm³/mol. The molecule has 1 aromatic carbocycles. The standard InChI is InChI=1S/C21H27F2N2O3P/c1-12-19(20(26)27)17-7-4-14(22)8-18(17)25(12)9-13-2-5-15(6-3-13)24-10-16(11-24)28-21(23)29/h4,7-8,13,15-16,21H,2-3,5-6,9-11,29H2,1H3,(H,26,27). The average Bonchev–Trinajstić information content (AvgIpc) is 2.90. The minimum atomic E-state index is -1.29. The number of ether oxygens (including phenoxy) is 1. The van der Waals surface area contributed by atoms with Gasteiger partial charge < -0.3 is 14.4 Å². The molecule has 2 aromatic rings. The fourth-order valence-electron chi connectivity index (χ4n) is 4.94. The average molecular weight is 424 g/mol. The molecule has 8 heteroatoms. The van der Waals surface area contributed by atoms with Gasteiger partial charge in [0.1, 0.15) is 5.82 Å². The maximum Gasteiger partial charge on any atom is 0.338 e. The van der Waals surface area contributed by atoms with Gasteiger partial charge in [0, 0.05) is 36.8 Å². The van der Waals surface area contributed by atoms with Gasteiger partial charge in [-0.2, -0.15) is 0 Å². The number of likely N-dealkylation sites (tertiary alicyclic amines) is 1.